The van der Waals surface area contributed by atoms with E-state index in [2.05, 4.69) is 34.6 Å². The summed E-state index contributed by atoms with van der Waals surface area (Å²) in [7, 11) is -9.92. The minimum Gasteiger partial charge on any atom is -0.462 e. The highest BCUT2D eigenvalue weighted by Gasteiger charge is 2.30. The first kappa shape index (κ1) is 98.1. The highest BCUT2D eigenvalue weighted by atomic mass is 31.2. The van der Waals surface area contributed by atoms with E-state index in [0.29, 0.717) is 25.7 Å². The Kier molecular flexibility index (Phi) is 72.5. The lowest BCUT2D eigenvalue weighted by atomic mass is 9.99. The molecule has 6 atom stereocenters. The molecule has 594 valence electrons. The quantitative estimate of drug-likeness (QED) is 0.0222. The lowest BCUT2D eigenvalue weighted by molar-refractivity contribution is -0.161. The normalized spacial score (nSPS) is 14.1. The van der Waals surface area contributed by atoms with E-state index in [1.165, 1.54) is 257 Å². The van der Waals surface area contributed by atoms with Crippen LogP contribution in [0.2, 0.25) is 0 Å². The van der Waals surface area contributed by atoms with Crippen molar-refractivity contribution in [2.24, 2.45) is 5.92 Å². The Labute approximate surface area is 613 Å². The van der Waals surface area contributed by atoms with Crippen LogP contribution in [0.25, 0.3) is 0 Å². The predicted molar refractivity (Wildman–Crippen MR) is 409 cm³/mol. The molecule has 100 heavy (non-hydrogen) atoms. The molecule has 0 fully saturated rings. The van der Waals surface area contributed by atoms with E-state index in [1.807, 2.05) is 0 Å². The molecule has 19 heteroatoms. The minimum absolute atomic E-state index is 0.108. The van der Waals surface area contributed by atoms with Crippen LogP contribution in [0.5, 0.6) is 0 Å². The Morgan fingerprint density at radius 1 is 0.280 bits per heavy atom. The third kappa shape index (κ3) is 73.0. The first-order valence-electron chi connectivity index (χ1n) is 42.2. The summed E-state index contributed by atoms with van der Waals surface area (Å²) in [6.45, 7) is 7.34. The highest BCUT2D eigenvalue weighted by molar-refractivity contribution is 7.47. The summed E-state index contributed by atoms with van der Waals surface area (Å²) in [4.78, 5) is 73.1. The topological polar surface area (TPSA) is 237 Å². The van der Waals surface area contributed by atoms with Gasteiger partial charge < -0.3 is 33.8 Å². The summed E-state index contributed by atoms with van der Waals surface area (Å²) in [5, 5.41) is 10.6. The Morgan fingerprint density at radius 2 is 0.480 bits per heavy atom. The fraction of sp³-hybridized carbons (Fsp3) is 0.951. The van der Waals surface area contributed by atoms with Gasteiger partial charge in [0.15, 0.2) is 12.2 Å². The number of hydrogen-bond acceptors (Lipinski definition) is 15. The Bertz CT molecular complexity index is 1910. The highest BCUT2D eigenvalue weighted by Crippen LogP contribution is 2.45. The third-order valence-electron chi connectivity index (χ3n) is 19.4. The second kappa shape index (κ2) is 73.9. The van der Waals surface area contributed by atoms with E-state index >= 15 is 0 Å². The number of ether oxygens (including phenoxy) is 4. The number of carbonyl (C=O) groups excluding carboxylic acids is 4. The summed E-state index contributed by atoms with van der Waals surface area (Å²) in [5.41, 5.74) is 0. The van der Waals surface area contributed by atoms with Gasteiger partial charge in [-0.1, -0.05) is 381 Å². The van der Waals surface area contributed by atoms with Crippen LogP contribution in [-0.2, 0) is 65.4 Å². The molecule has 0 heterocycles. The third-order valence-corrected chi connectivity index (χ3v) is 21.3. The lowest BCUT2D eigenvalue weighted by Gasteiger charge is -2.21. The average molecular weight is 1470 g/mol. The molecule has 0 aliphatic rings. The number of carbonyl (C=O) groups is 4. The summed E-state index contributed by atoms with van der Waals surface area (Å²) in [6.07, 6.45) is 65.0. The Hall–Kier alpha value is -1.94. The molecule has 0 radical (unpaired) electrons. The van der Waals surface area contributed by atoms with E-state index in [0.717, 1.165) is 95.8 Å². The van der Waals surface area contributed by atoms with Crippen molar-refractivity contribution in [3.8, 4) is 0 Å². The predicted octanol–water partition coefficient (Wildman–Crippen LogP) is 24.4. The van der Waals surface area contributed by atoms with Crippen LogP contribution in [0.4, 0.5) is 0 Å². The molecule has 3 N–H and O–H groups in total. The molecular weight excluding hydrogens is 1310 g/mol. The Morgan fingerprint density at radius 3 is 0.710 bits per heavy atom. The maximum Gasteiger partial charge on any atom is 0.472 e. The molecule has 0 amide bonds. The molecule has 0 aromatic carbocycles. The van der Waals surface area contributed by atoms with Gasteiger partial charge in [-0.15, -0.1) is 0 Å². The second-order valence-electron chi connectivity index (χ2n) is 29.4. The van der Waals surface area contributed by atoms with Crippen LogP contribution in [0, 0.1) is 5.92 Å². The summed E-state index contributed by atoms with van der Waals surface area (Å²) in [6, 6.07) is 0. The SMILES string of the molecule is CCCCCCCCCCCCCCCCCCCC(=O)OC[C@H](COP(=O)(O)OC[C@@H](O)COP(=O)(O)OC[C@@H](COC(=O)CCCCCCCCCCC(C)CC)OC(=O)CCCCCCCCCCCCCCCC)OC(=O)CCCCCCCCCCCCCCCCCCC. The average Bonchev–Trinajstić information content (AvgIpc) is 0.934. The van der Waals surface area contributed by atoms with Crippen LogP contribution in [0.1, 0.15) is 433 Å². The van der Waals surface area contributed by atoms with Crippen LogP contribution in [-0.4, -0.2) is 96.7 Å². The van der Waals surface area contributed by atoms with Crippen molar-refractivity contribution in [1.29, 1.82) is 0 Å². The van der Waals surface area contributed by atoms with Gasteiger partial charge in [0, 0.05) is 25.7 Å². The number of esters is 4. The van der Waals surface area contributed by atoms with E-state index < -0.39 is 97.5 Å². The van der Waals surface area contributed by atoms with Crippen molar-refractivity contribution in [2.45, 2.75) is 451 Å². The van der Waals surface area contributed by atoms with E-state index in [-0.39, 0.29) is 25.7 Å². The van der Waals surface area contributed by atoms with Crippen LogP contribution in [0.3, 0.4) is 0 Å². The molecule has 0 spiro atoms. The Balaban J connectivity index is 5.26. The van der Waals surface area contributed by atoms with Gasteiger partial charge in [-0.25, -0.2) is 9.13 Å². The number of phosphoric acid groups is 2. The van der Waals surface area contributed by atoms with Gasteiger partial charge in [-0.05, 0) is 31.6 Å². The van der Waals surface area contributed by atoms with E-state index in [1.54, 1.807) is 0 Å². The van der Waals surface area contributed by atoms with Crippen LogP contribution < -0.4 is 0 Å². The standard InChI is InChI=1S/C81H158O17P2/c1-6-10-13-16-19-22-25-28-31-33-35-38-40-43-49-54-59-64-78(83)91-70-76(97-81(86)67-62-57-52-45-42-39-36-34-32-29-26-23-20-17-14-11-7-2)72-95-99(87,88)93-68-75(82)69-94-100(89,90)96-73-77(71-92-79(84)65-60-55-50-47-46-48-53-58-63-74(5)9-4)98-80(85)66-61-56-51-44-41-37-30-27-24-21-18-15-12-8-3/h74-77,82H,6-73H2,1-5H3,(H,87,88)(H,89,90)/t74?,75-,76-,77-/m1/s1. The monoisotopic (exact) mass is 1470 g/mol. The molecule has 0 aromatic heterocycles. The lowest BCUT2D eigenvalue weighted by Crippen LogP contribution is -2.30. The molecule has 0 aromatic rings. The summed E-state index contributed by atoms with van der Waals surface area (Å²) >= 11 is 0. The number of hydrogen-bond donors (Lipinski definition) is 3. The van der Waals surface area contributed by atoms with Crippen molar-refractivity contribution in [3.63, 3.8) is 0 Å². The van der Waals surface area contributed by atoms with Gasteiger partial charge in [-0.3, -0.25) is 37.3 Å². The smallest absolute Gasteiger partial charge is 0.462 e. The maximum absolute atomic E-state index is 13.1. The van der Waals surface area contributed by atoms with Crippen molar-refractivity contribution < 1.29 is 80.2 Å². The van der Waals surface area contributed by atoms with Crippen LogP contribution in [0.15, 0.2) is 0 Å². The molecule has 0 bridgehead atoms. The van der Waals surface area contributed by atoms with Gasteiger partial charge in [0.05, 0.1) is 26.4 Å². The molecule has 0 rings (SSSR count). The van der Waals surface area contributed by atoms with Gasteiger partial charge in [0.2, 0.25) is 0 Å². The number of aliphatic hydroxyl groups is 1. The maximum atomic E-state index is 13.1. The number of phosphoric ester groups is 2. The van der Waals surface area contributed by atoms with Gasteiger partial charge in [0.1, 0.15) is 19.3 Å². The number of rotatable bonds is 81. The zero-order chi connectivity index (χ0) is 73.4. The van der Waals surface area contributed by atoms with E-state index in [4.69, 9.17) is 37.0 Å². The van der Waals surface area contributed by atoms with Crippen molar-refractivity contribution in [1.82, 2.24) is 0 Å². The zero-order valence-electron chi connectivity index (χ0n) is 65.3. The molecule has 3 unspecified atom stereocenters. The van der Waals surface area contributed by atoms with Crippen molar-refractivity contribution in [2.75, 3.05) is 39.6 Å². The summed E-state index contributed by atoms with van der Waals surface area (Å²) < 4.78 is 68.8. The second-order valence-corrected chi connectivity index (χ2v) is 32.3. The van der Waals surface area contributed by atoms with Gasteiger partial charge in [-0.2, -0.15) is 0 Å². The zero-order valence-corrected chi connectivity index (χ0v) is 67.1. The molecule has 0 saturated heterocycles. The summed E-state index contributed by atoms with van der Waals surface area (Å²) in [5.74, 6) is -1.33. The van der Waals surface area contributed by atoms with Crippen molar-refractivity contribution >= 4 is 39.5 Å². The molecule has 0 aliphatic carbocycles. The van der Waals surface area contributed by atoms with Crippen LogP contribution >= 0.6 is 15.6 Å². The number of unbranched alkanes of at least 4 members (excludes halogenated alkanes) is 52. The first-order valence-corrected chi connectivity index (χ1v) is 45.2. The van der Waals surface area contributed by atoms with Crippen molar-refractivity contribution in [3.05, 3.63) is 0 Å². The van der Waals surface area contributed by atoms with Gasteiger partial charge in [0.25, 0.3) is 0 Å². The first-order chi connectivity index (χ1) is 48.6. The van der Waals surface area contributed by atoms with E-state index in [9.17, 15) is 43.2 Å². The molecule has 0 saturated carbocycles. The molecule has 0 aliphatic heterocycles. The largest absolute Gasteiger partial charge is 0.472 e. The number of aliphatic hydroxyl groups excluding tert-OH is 1. The fourth-order valence-electron chi connectivity index (χ4n) is 12.6. The minimum atomic E-state index is -4.96. The van der Waals surface area contributed by atoms with Gasteiger partial charge >= 0.3 is 39.5 Å². The molecular formula is C81H158O17P2. The fourth-order valence-corrected chi connectivity index (χ4v) is 14.1. The molecule has 17 nitrogen and oxygen atoms in total.